The lowest BCUT2D eigenvalue weighted by Crippen LogP contribution is -2.42. The summed E-state index contributed by atoms with van der Waals surface area (Å²) < 4.78 is 13.7. The zero-order valence-corrected chi connectivity index (χ0v) is 20.1. The molecule has 5 rings (SSSR count). The van der Waals surface area contributed by atoms with Gasteiger partial charge in [0.25, 0.3) is 5.56 Å². The molecule has 9 heteroatoms. The van der Waals surface area contributed by atoms with Crippen molar-refractivity contribution in [2.75, 3.05) is 19.8 Å². The van der Waals surface area contributed by atoms with E-state index in [0.29, 0.717) is 41.4 Å². The molecular weight excluding hydrogens is 454 g/mol. The minimum Gasteiger partial charge on any atom is -0.494 e. The minimum atomic E-state index is -0.507. The van der Waals surface area contributed by atoms with Crippen LogP contribution in [0, 0.1) is 0 Å². The Bertz CT molecular complexity index is 1320. The standard InChI is InChI=1S/C25H29N3O5S/c1-2-32-17-11-9-16(10-12-17)28-23(30)22-19-7-3-4-8-20(19)34-24(22)27(25(28)31)15-21(29)26-14-18-6-5-13-33-18/h9-12,18H,2-8,13-15H2,1H3,(H,26,29)/t18-/m0/s1. The molecule has 34 heavy (non-hydrogen) atoms. The quantitative estimate of drug-likeness (QED) is 0.558. The van der Waals surface area contributed by atoms with E-state index in [2.05, 4.69) is 5.32 Å². The minimum absolute atomic E-state index is 0.0209. The van der Waals surface area contributed by atoms with Crippen LogP contribution in [0.15, 0.2) is 33.9 Å². The summed E-state index contributed by atoms with van der Waals surface area (Å²) in [6, 6.07) is 6.91. The number of thiophene rings is 1. The first kappa shape index (κ1) is 22.9. The van der Waals surface area contributed by atoms with Crippen molar-refractivity contribution >= 4 is 27.5 Å². The lowest BCUT2D eigenvalue weighted by molar-refractivity contribution is -0.122. The first-order valence-corrected chi connectivity index (χ1v) is 12.8. The Morgan fingerprint density at radius 2 is 1.97 bits per heavy atom. The number of hydrogen-bond acceptors (Lipinski definition) is 6. The van der Waals surface area contributed by atoms with Gasteiger partial charge in [0.15, 0.2) is 0 Å². The first-order valence-electron chi connectivity index (χ1n) is 12.0. The number of nitrogens with one attached hydrogen (secondary N) is 1. The number of carbonyl (C=O) groups excluding carboxylic acids is 1. The third-order valence-electron chi connectivity index (χ3n) is 6.50. The number of amides is 1. The van der Waals surface area contributed by atoms with E-state index < -0.39 is 5.69 Å². The molecule has 1 saturated heterocycles. The molecule has 1 atom stereocenters. The Morgan fingerprint density at radius 3 is 2.71 bits per heavy atom. The molecule has 1 aliphatic heterocycles. The molecule has 0 spiro atoms. The average molecular weight is 484 g/mol. The number of fused-ring (bicyclic) bond motifs is 3. The fraction of sp³-hybridized carbons (Fsp3) is 0.480. The van der Waals surface area contributed by atoms with Crippen LogP contribution in [0.1, 0.15) is 43.0 Å². The molecule has 1 amide bonds. The summed E-state index contributed by atoms with van der Waals surface area (Å²) in [5.74, 6) is 0.407. The molecule has 0 unspecified atom stereocenters. The summed E-state index contributed by atoms with van der Waals surface area (Å²) in [6.45, 7) is 3.43. The van der Waals surface area contributed by atoms with Crippen LogP contribution >= 0.6 is 11.3 Å². The van der Waals surface area contributed by atoms with Crippen molar-refractivity contribution in [1.29, 1.82) is 0 Å². The Kier molecular flexibility index (Phi) is 6.56. The highest BCUT2D eigenvalue weighted by Crippen LogP contribution is 2.34. The van der Waals surface area contributed by atoms with E-state index in [1.165, 1.54) is 20.5 Å². The highest BCUT2D eigenvalue weighted by atomic mass is 32.1. The summed E-state index contributed by atoms with van der Waals surface area (Å²) in [5, 5.41) is 3.47. The van der Waals surface area contributed by atoms with Crippen molar-refractivity contribution in [3.8, 4) is 11.4 Å². The van der Waals surface area contributed by atoms with Crippen molar-refractivity contribution in [1.82, 2.24) is 14.5 Å². The molecule has 1 aliphatic carbocycles. The lowest BCUT2D eigenvalue weighted by Gasteiger charge is -2.15. The summed E-state index contributed by atoms with van der Waals surface area (Å²) in [4.78, 5) is 41.8. The van der Waals surface area contributed by atoms with Crippen molar-refractivity contribution in [2.24, 2.45) is 0 Å². The largest absolute Gasteiger partial charge is 0.494 e. The van der Waals surface area contributed by atoms with E-state index in [1.54, 1.807) is 24.3 Å². The smallest absolute Gasteiger partial charge is 0.337 e. The topological polar surface area (TPSA) is 91.6 Å². The number of ether oxygens (including phenoxy) is 2. The number of aryl methyl sites for hydroxylation is 2. The third kappa shape index (κ3) is 4.30. The second kappa shape index (κ2) is 9.76. The monoisotopic (exact) mass is 483 g/mol. The van der Waals surface area contributed by atoms with Crippen molar-refractivity contribution in [2.45, 2.75) is 58.1 Å². The van der Waals surface area contributed by atoms with Crippen LogP contribution in [0.5, 0.6) is 5.75 Å². The number of carbonyl (C=O) groups is 1. The number of hydrogen-bond donors (Lipinski definition) is 1. The van der Waals surface area contributed by atoms with E-state index in [9.17, 15) is 14.4 Å². The maximum Gasteiger partial charge on any atom is 0.337 e. The van der Waals surface area contributed by atoms with Crippen molar-refractivity contribution in [3.63, 3.8) is 0 Å². The Balaban J connectivity index is 1.58. The molecule has 180 valence electrons. The highest BCUT2D eigenvalue weighted by molar-refractivity contribution is 7.18. The summed E-state index contributed by atoms with van der Waals surface area (Å²) in [7, 11) is 0. The lowest BCUT2D eigenvalue weighted by atomic mass is 9.97. The molecule has 3 aromatic rings. The third-order valence-corrected chi connectivity index (χ3v) is 7.81. The molecule has 2 aromatic heterocycles. The predicted octanol–water partition coefficient (Wildman–Crippen LogP) is 2.79. The van der Waals surface area contributed by atoms with E-state index in [4.69, 9.17) is 9.47 Å². The molecule has 1 N–H and O–H groups in total. The molecule has 3 heterocycles. The normalized spacial score (nSPS) is 17.6. The molecule has 2 aliphatic rings. The Morgan fingerprint density at radius 1 is 1.18 bits per heavy atom. The maximum absolute atomic E-state index is 13.6. The van der Waals surface area contributed by atoms with E-state index in [1.807, 2.05) is 6.92 Å². The molecule has 1 fully saturated rings. The fourth-order valence-electron chi connectivity index (χ4n) is 4.83. The SMILES string of the molecule is CCOc1ccc(-n2c(=O)c3c4c(sc3n(CC(=O)NC[C@@H]3CCCO3)c2=O)CCCC4)cc1. The summed E-state index contributed by atoms with van der Waals surface area (Å²) in [5.41, 5.74) is 0.668. The predicted molar refractivity (Wildman–Crippen MR) is 131 cm³/mol. The van der Waals surface area contributed by atoms with Crippen molar-refractivity contribution in [3.05, 3.63) is 55.5 Å². The van der Waals surface area contributed by atoms with Gasteiger partial charge in [-0.2, -0.15) is 0 Å². The molecule has 1 aromatic carbocycles. The van der Waals surface area contributed by atoms with Crippen molar-refractivity contribution < 1.29 is 14.3 Å². The van der Waals surface area contributed by atoms with Gasteiger partial charge in [-0.05, 0) is 75.3 Å². The number of rotatable bonds is 7. The van der Waals surface area contributed by atoms with Gasteiger partial charge in [-0.1, -0.05) is 0 Å². The van der Waals surface area contributed by atoms with Crippen LogP contribution in [0.25, 0.3) is 15.9 Å². The number of aromatic nitrogens is 2. The molecule has 0 saturated carbocycles. The average Bonchev–Trinajstić information content (AvgIpc) is 3.50. The summed E-state index contributed by atoms with van der Waals surface area (Å²) >= 11 is 1.48. The van der Waals surface area contributed by atoms with Crippen LogP contribution in [0.4, 0.5) is 0 Å². The second-order valence-electron chi connectivity index (χ2n) is 8.77. The molecule has 8 nitrogen and oxygen atoms in total. The molecular formula is C25H29N3O5S. The second-order valence-corrected chi connectivity index (χ2v) is 9.85. The van der Waals surface area contributed by atoms with Crippen LogP contribution in [0.3, 0.4) is 0 Å². The maximum atomic E-state index is 13.6. The first-order chi connectivity index (χ1) is 16.6. The zero-order chi connectivity index (χ0) is 23.7. The highest BCUT2D eigenvalue weighted by Gasteiger charge is 2.25. The van der Waals surface area contributed by atoms with Crippen LogP contribution in [-0.2, 0) is 28.9 Å². The number of benzene rings is 1. The molecule has 0 radical (unpaired) electrons. The van der Waals surface area contributed by atoms with Gasteiger partial charge in [-0.25, -0.2) is 9.36 Å². The fourth-order valence-corrected chi connectivity index (χ4v) is 6.20. The van der Waals surface area contributed by atoms with Gasteiger partial charge >= 0.3 is 5.69 Å². The Labute approximate surface area is 201 Å². The van der Waals surface area contributed by atoms with Crippen LogP contribution in [0.2, 0.25) is 0 Å². The molecule has 0 bridgehead atoms. The number of nitrogens with zero attached hydrogens (tertiary/aromatic N) is 2. The van der Waals surface area contributed by atoms with E-state index >= 15 is 0 Å². The van der Waals surface area contributed by atoms with Gasteiger partial charge in [0.2, 0.25) is 5.91 Å². The summed E-state index contributed by atoms with van der Waals surface area (Å²) in [6.07, 6.45) is 5.74. The van der Waals surface area contributed by atoms with Gasteiger partial charge in [0.05, 0.1) is 23.8 Å². The van der Waals surface area contributed by atoms with Crippen LogP contribution in [-0.4, -0.2) is 40.9 Å². The van der Waals surface area contributed by atoms with Crippen LogP contribution < -0.4 is 21.3 Å². The van der Waals surface area contributed by atoms with Gasteiger partial charge in [-0.3, -0.25) is 14.2 Å². The van der Waals surface area contributed by atoms with Gasteiger partial charge < -0.3 is 14.8 Å². The van der Waals surface area contributed by atoms with Gasteiger partial charge in [-0.15, -0.1) is 11.3 Å². The van der Waals surface area contributed by atoms with Gasteiger partial charge in [0.1, 0.15) is 17.1 Å². The van der Waals surface area contributed by atoms with Gasteiger partial charge in [0, 0.05) is 18.0 Å². The van der Waals surface area contributed by atoms with E-state index in [0.717, 1.165) is 49.0 Å². The van der Waals surface area contributed by atoms with E-state index in [-0.39, 0.29) is 24.1 Å². The Hall–Kier alpha value is -2.91. The zero-order valence-electron chi connectivity index (χ0n) is 19.3.